The van der Waals surface area contributed by atoms with Gasteiger partial charge in [0, 0.05) is 47.2 Å². The Morgan fingerprint density at radius 3 is 2.29 bits per heavy atom. The van der Waals surface area contributed by atoms with Gasteiger partial charge in [-0.2, -0.15) is 0 Å². The van der Waals surface area contributed by atoms with Gasteiger partial charge in [0.2, 0.25) is 5.91 Å². The van der Waals surface area contributed by atoms with E-state index in [-0.39, 0.29) is 24.1 Å². The largest absolute Gasteiger partial charge is 0.376 e. The number of ketones is 1. The Labute approximate surface area is 185 Å². The van der Waals surface area contributed by atoms with Crippen LogP contribution in [-0.2, 0) is 4.79 Å². The molecule has 0 fully saturated rings. The number of carbonyl (C=O) groups excluding carboxylic acids is 3. The van der Waals surface area contributed by atoms with Gasteiger partial charge in [0.25, 0.3) is 5.91 Å². The van der Waals surface area contributed by atoms with E-state index in [2.05, 4.69) is 10.6 Å². The molecule has 0 aliphatic heterocycles. The minimum Gasteiger partial charge on any atom is -0.376 e. The molecule has 2 N–H and O–H groups in total. The number of benzene rings is 3. The van der Waals surface area contributed by atoms with Crippen molar-refractivity contribution in [3.8, 4) is 0 Å². The number of carbonyl (C=O) groups is 3. The first-order valence-corrected chi connectivity index (χ1v) is 9.97. The highest BCUT2D eigenvalue weighted by Crippen LogP contribution is 2.23. The maximum atomic E-state index is 12.9. The van der Waals surface area contributed by atoms with Gasteiger partial charge < -0.3 is 15.5 Å². The molecule has 158 valence electrons. The standard InChI is InChI=1S/C24H22ClN3O3/c1-28(2)24(31)17-9-6-10-19(13-17)27-22(29)15-26-21-12-11-18(25)14-20(21)23(30)16-7-4-3-5-8-16/h3-14,26H,15H2,1-2H3,(H,27,29). The number of rotatable bonds is 7. The van der Waals surface area contributed by atoms with Crippen LogP contribution in [0.3, 0.4) is 0 Å². The van der Waals surface area contributed by atoms with Crippen LogP contribution < -0.4 is 10.6 Å². The molecular formula is C24H22ClN3O3. The van der Waals surface area contributed by atoms with E-state index in [0.717, 1.165) is 0 Å². The lowest BCUT2D eigenvalue weighted by molar-refractivity contribution is -0.114. The molecule has 6 nitrogen and oxygen atoms in total. The van der Waals surface area contributed by atoms with E-state index >= 15 is 0 Å². The van der Waals surface area contributed by atoms with Crippen LogP contribution in [0, 0.1) is 0 Å². The minimum atomic E-state index is -0.317. The second-order valence-corrected chi connectivity index (χ2v) is 7.50. The van der Waals surface area contributed by atoms with Gasteiger partial charge in [0.15, 0.2) is 5.78 Å². The molecule has 31 heavy (non-hydrogen) atoms. The van der Waals surface area contributed by atoms with Crippen LogP contribution in [0.2, 0.25) is 5.02 Å². The van der Waals surface area contributed by atoms with Gasteiger partial charge in [-0.15, -0.1) is 0 Å². The molecule has 3 aromatic rings. The van der Waals surface area contributed by atoms with Crippen molar-refractivity contribution in [3.05, 3.63) is 94.5 Å². The van der Waals surface area contributed by atoms with Crippen molar-refractivity contribution in [3.63, 3.8) is 0 Å². The lowest BCUT2D eigenvalue weighted by atomic mass is 10.0. The van der Waals surface area contributed by atoms with E-state index in [0.29, 0.717) is 33.1 Å². The Morgan fingerprint density at radius 2 is 1.58 bits per heavy atom. The zero-order chi connectivity index (χ0) is 22.4. The average molecular weight is 436 g/mol. The number of anilines is 2. The Kier molecular flexibility index (Phi) is 7.05. The van der Waals surface area contributed by atoms with Gasteiger partial charge in [0.05, 0.1) is 6.54 Å². The minimum absolute atomic E-state index is 0.0669. The summed E-state index contributed by atoms with van der Waals surface area (Å²) in [6.45, 7) is -0.0669. The molecule has 0 spiro atoms. The second kappa shape index (κ2) is 9.91. The number of hydrogen-bond acceptors (Lipinski definition) is 4. The Morgan fingerprint density at radius 1 is 0.871 bits per heavy atom. The summed E-state index contributed by atoms with van der Waals surface area (Å²) in [5.41, 5.74) is 2.40. The third-order valence-electron chi connectivity index (χ3n) is 4.50. The van der Waals surface area contributed by atoms with Crippen LogP contribution in [0.4, 0.5) is 11.4 Å². The fourth-order valence-electron chi connectivity index (χ4n) is 2.97. The maximum absolute atomic E-state index is 12.9. The highest BCUT2D eigenvalue weighted by Gasteiger charge is 2.15. The van der Waals surface area contributed by atoms with Crippen LogP contribution in [0.15, 0.2) is 72.8 Å². The van der Waals surface area contributed by atoms with E-state index in [1.807, 2.05) is 6.07 Å². The highest BCUT2D eigenvalue weighted by atomic mass is 35.5. The molecule has 3 aromatic carbocycles. The van der Waals surface area contributed by atoms with Crippen molar-refractivity contribution in [1.82, 2.24) is 4.90 Å². The predicted molar refractivity (Wildman–Crippen MR) is 123 cm³/mol. The Bertz CT molecular complexity index is 1110. The van der Waals surface area contributed by atoms with E-state index in [4.69, 9.17) is 11.6 Å². The molecule has 0 radical (unpaired) electrons. The number of nitrogens with zero attached hydrogens (tertiary/aromatic N) is 1. The van der Waals surface area contributed by atoms with Gasteiger partial charge >= 0.3 is 0 Å². The fraction of sp³-hybridized carbons (Fsp3) is 0.125. The van der Waals surface area contributed by atoms with Crippen molar-refractivity contribution in [2.45, 2.75) is 0 Å². The molecule has 0 saturated carbocycles. The SMILES string of the molecule is CN(C)C(=O)c1cccc(NC(=O)CNc2ccc(Cl)cc2C(=O)c2ccccc2)c1. The van der Waals surface area contributed by atoms with Crippen molar-refractivity contribution >= 4 is 40.6 Å². The molecule has 0 aromatic heterocycles. The molecule has 0 bridgehead atoms. The van der Waals surface area contributed by atoms with Gasteiger partial charge in [0.1, 0.15) is 0 Å². The highest BCUT2D eigenvalue weighted by molar-refractivity contribution is 6.31. The summed E-state index contributed by atoms with van der Waals surface area (Å²) in [5, 5.41) is 6.18. The van der Waals surface area contributed by atoms with Crippen molar-refractivity contribution in [2.75, 3.05) is 31.3 Å². The summed E-state index contributed by atoms with van der Waals surface area (Å²) in [6, 6.07) is 20.5. The molecule has 0 aliphatic rings. The molecule has 3 rings (SSSR count). The van der Waals surface area contributed by atoms with Crippen molar-refractivity contribution in [1.29, 1.82) is 0 Å². The van der Waals surface area contributed by atoms with Crippen molar-refractivity contribution in [2.24, 2.45) is 0 Å². The lowest BCUT2D eigenvalue weighted by Gasteiger charge is -2.13. The van der Waals surface area contributed by atoms with E-state index < -0.39 is 0 Å². The topological polar surface area (TPSA) is 78.5 Å². The summed E-state index contributed by atoms with van der Waals surface area (Å²) in [5.74, 6) is -0.664. The van der Waals surface area contributed by atoms with Crippen LogP contribution in [-0.4, -0.2) is 43.1 Å². The summed E-state index contributed by atoms with van der Waals surface area (Å²) in [4.78, 5) is 38.9. The summed E-state index contributed by atoms with van der Waals surface area (Å²) < 4.78 is 0. The summed E-state index contributed by atoms with van der Waals surface area (Å²) in [7, 11) is 3.33. The van der Waals surface area contributed by atoms with Crippen LogP contribution in [0.25, 0.3) is 0 Å². The van der Waals surface area contributed by atoms with Gasteiger partial charge in [-0.3, -0.25) is 14.4 Å². The van der Waals surface area contributed by atoms with Crippen LogP contribution >= 0.6 is 11.6 Å². The Balaban J connectivity index is 1.71. The van der Waals surface area contributed by atoms with Gasteiger partial charge in [-0.1, -0.05) is 48.0 Å². The molecular weight excluding hydrogens is 414 g/mol. The summed E-state index contributed by atoms with van der Waals surface area (Å²) >= 11 is 6.09. The lowest BCUT2D eigenvalue weighted by Crippen LogP contribution is -2.24. The molecule has 0 aliphatic carbocycles. The molecule has 7 heteroatoms. The third kappa shape index (κ3) is 5.71. The number of amides is 2. The third-order valence-corrected chi connectivity index (χ3v) is 4.74. The smallest absolute Gasteiger partial charge is 0.253 e. The first-order chi connectivity index (χ1) is 14.8. The number of nitrogens with one attached hydrogen (secondary N) is 2. The second-order valence-electron chi connectivity index (χ2n) is 7.07. The first-order valence-electron chi connectivity index (χ1n) is 9.60. The zero-order valence-electron chi connectivity index (χ0n) is 17.2. The number of halogens is 1. The van der Waals surface area contributed by atoms with Crippen LogP contribution in [0.5, 0.6) is 0 Å². The number of hydrogen-bond donors (Lipinski definition) is 2. The fourth-order valence-corrected chi connectivity index (χ4v) is 3.14. The van der Waals surface area contributed by atoms with E-state index in [9.17, 15) is 14.4 Å². The molecule has 0 saturated heterocycles. The predicted octanol–water partition coefficient (Wildman–Crippen LogP) is 4.32. The first kappa shape index (κ1) is 22.1. The molecule has 2 amide bonds. The zero-order valence-corrected chi connectivity index (χ0v) is 17.9. The van der Waals surface area contributed by atoms with Crippen LogP contribution in [0.1, 0.15) is 26.3 Å². The molecule has 0 atom stereocenters. The van der Waals surface area contributed by atoms with Crippen molar-refractivity contribution < 1.29 is 14.4 Å². The molecule has 0 heterocycles. The average Bonchev–Trinajstić information content (AvgIpc) is 2.78. The van der Waals surface area contributed by atoms with E-state index in [1.54, 1.807) is 80.8 Å². The normalized spacial score (nSPS) is 10.3. The molecule has 0 unspecified atom stereocenters. The van der Waals surface area contributed by atoms with E-state index in [1.165, 1.54) is 4.90 Å². The van der Waals surface area contributed by atoms with Gasteiger partial charge in [-0.25, -0.2) is 0 Å². The maximum Gasteiger partial charge on any atom is 0.253 e. The Hall–Kier alpha value is -3.64. The quantitative estimate of drug-likeness (QED) is 0.541. The monoisotopic (exact) mass is 435 g/mol. The summed E-state index contributed by atoms with van der Waals surface area (Å²) in [6.07, 6.45) is 0. The van der Waals surface area contributed by atoms with Gasteiger partial charge in [-0.05, 0) is 36.4 Å².